The van der Waals surface area contributed by atoms with Crippen LogP contribution in [-0.4, -0.2) is 74.9 Å². The summed E-state index contributed by atoms with van der Waals surface area (Å²) in [6, 6.07) is 16.8. The van der Waals surface area contributed by atoms with E-state index in [2.05, 4.69) is 9.62 Å². The summed E-state index contributed by atoms with van der Waals surface area (Å²) in [5.41, 5.74) is 1.65. The number of halogens is 4. The maximum Gasteiger partial charge on any atom is 0.490 e. The highest BCUT2D eigenvalue weighted by atomic mass is 32.2. The van der Waals surface area contributed by atoms with Gasteiger partial charge in [-0.05, 0) is 60.2 Å². The number of aromatic carboxylic acids is 1. The van der Waals surface area contributed by atoms with Gasteiger partial charge in [0.05, 0.1) is 28.9 Å². The molecule has 3 aromatic rings. The van der Waals surface area contributed by atoms with Gasteiger partial charge in [-0.1, -0.05) is 12.1 Å². The van der Waals surface area contributed by atoms with Gasteiger partial charge in [0.1, 0.15) is 11.6 Å². The number of hydrogen-bond acceptors (Lipinski definition) is 7. The number of rotatable bonds is 8. The number of benzene rings is 3. The third-order valence-electron chi connectivity index (χ3n) is 6.11. The quantitative estimate of drug-likeness (QED) is 0.318. The summed E-state index contributed by atoms with van der Waals surface area (Å²) >= 11 is 0. The van der Waals surface area contributed by atoms with Crippen molar-refractivity contribution in [3.05, 3.63) is 83.7 Å². The van der Waals surface area contributed by atoms with E-state index < -0.39 is 28.1 Å². The van der Waals surface area contributed by atoms with Crippen LogP contribution in [0.3, 0.4) is 0 Å². The Balaban J connectivity index is 0.000000616. The van der Waals surface area contributed by atoms with Crippen molar-refractivity contribution in [1.82, 2.24) is 4.90 Å². The summed E-state index contributed by atoms with van der Waals surface area (Å²) in [6.07, 6.45) is -5.08. The average Bonchev–Trinajstić information content (AvgIpc) is 2.93. The molecule has 15 heteroatoms. The Morgan fingerprint density at radius 3 is 2.10 bits per heavy atom. The van der Waals surface area contributed by atoms with Crippen molar-refractivity contribution in [3.8, 4) is 5.75 Å². The zero-order valence-corrected chi connectivity index (χ0v) is 23.0. The number of anilines is 2. The first-order valence-corrected chi connectivity index (χ1v) is 13.7. The Labute approximate surface area is 238 Å². The summed E-state index contributed by atoms with van der Waals surface area (Å²) in [5, 5.41) is 16.6. The number of ether oxygens (including phenoxy) is 1. The summed E-state index contributed by atoms with van der Waals surface area (Å²) in [6.45, 7) is 3.17. The number of hydrogen-bond donors (Lipinski definition) is 3. The molecule has 0 saturated carbocycles. The van der Waals surface area contributed by atoms with Gasteiger partial charge in [-0.25, -0.2) is 22.4 Å². The van der Waals surface area contributed by atoms with Crippen molar-refractivity contribution in [2.75, 3.05) is 42.9 Å². The van der Waals surface area contributed by atoms with Crippen molar-refractivity contribution in [3.63, 3.8) is 0 Å². The molecule has 0 aliphatic carbocycles. The molecular weight excluding hydrogens is 586 g/mol. The molecule has 0 atom stereocenters. The normalized spacial score (nSPS) is 14.0. The van der Waals surface area contributed by atoms with Crippen molar-refractivity contribution < 1.29 is 50.5 Å². The van der Waals surface area contributed by atoms with Crippen molar-refractivity contribution in [2.24, 2.45) is 0 Å². The maximum atomic E-state index is 13.5. The average molecular weight is 614 g/mol. The molecule has 1 heterocycles. The van der Waals surface area contributed by atoms with E-state index in [1.807, 2.05) is 11.0 Å². The molecule has 1 fully saturated rings. The van der Waals surface area contributed by atoms with Gasteiger partial charge >= 0.3 is 18.1 Å². The van der Waals surface area contributed by atoms with Crippen LogP contribution >= 0.6 is 0 Å². The number of aliphatic carboxylic acids is 1. The number of sulfonamides is 1. The van der Waals surface area contributed by atoms with E-state index in [1.165, 1.54) is 43.5 Å². The minimum Gasteiger partial charge on any atom is -0.497 e. The third kappa shape index (κ3) is 8.81. The minimum atomic E-state index is -5.08. The molecule has 4 rings (SSSR count). The standard InChI is InChI=1S/C25H26FN3O5S.C2HF3O2/c1-34-21-6-8-22(9-7-21)35(32,33)27-23-16-19(25(30)31)5-10-24(23)29-13-11-28(12-14-29)17-18-3-2-4-20(26)15-18;3-2(4,5)1(6)7/h2-10,15-16,27H,11-14,17H2,1H3,(H,30,31);(H,6,7). The molecule has 0 radical (unpaired) electrons. The molecule has 1 aliphatic rings. The fourth-order valence-electron chi connectivity index (χ4n) is 4.03. The van der Waals surface area contributed by atoms with E-state index in [1.54, 1.807) is 24.3 Å². The zero-order valence-electron chi connectivity index (χ0n) is 22.1. The predicted molar refractivity (Wildman–Crippen MR) is 145 cm³/mol. The fourth-order valence-corrected chi connectivity index (χ4v) is 5.09. The lowest BCUT2D eigenvalue weighted by Crippen LogP contribution is -2.46. The molecule has 10 nitrogen and oxygen atoms in total. The van der Waals surface area contributed by atoms with E-state index in [9.17, 15) is 35.9 Å². The summed E-state index contributed by atoms with van der Waals surface area (Å²) < 4.78 is 79.0. The molecule has 1 aliphatic heterocycles. The number of carboxylic acid groups (broad SMARTS) is 2. The van der Waals surface area contributed by atoms with Crippen molar-refractivity contribution >= 4 is 33.3 Å². The molecule has 1 saturated heterocycles. The van der Waals surface area contributed by atoms with Crippen LogP contribution in [0.1, 0.15) is 15.9 Å². The SMILES string of the molecule is COc1ccc(S(=O)(=O)Nc2cc(C(=O)O)ccc2N2CCN(Cc3cccc(F)c3)CC2)cc1.O=C(O)C(F)(F)F. The first-order chi connectivity index (χ1) is 19.7. The summed E-state index contributed by atoms with van der Waals surface area (Å²) in [7, 11) is -2.48. The van der Waals surface area contributed by atoms with Gasteiger partial charge in [0.2, 0.25) is 0 Å². The Morgan fingerprint density at radius 2 is 1.57 bits per heavy atom. The molecule has 3 N–H and O–H groups in total. The fraction of sp³-hybridized carbons (Fsp3) is 0.259. The summed E-state index contributed by atoms with van der Waals surface area (Å²) in [5.74, 6) is -3.66. The van der Waals surface area contributed by atoms with E-state index in [4.69, 9.17) is 14.6 Å². The molecule has 0 bridgehead atoms. The second-order valence-electron chi connectivity index (χ2n) is 9.01. The van der Waals surface area contributed by atoms with Gasteiger partial charge in [0.25, 0.3) is 10.0 Å². The van der Waals surface area contributed by atoms with Crippen LogP contribution in [0.4, 0.5) is 28.9 Å². The molecule has 3 aromatic carbocycles. The van der Waals surface area contributed by atoms with Crippen LogP contribution in [0.15, 0.2) is 71.6 Å². The molecule has 0 unspecified atom stereocenters. The Hall–Kier alpha value is -4.37. The number of nitrogens with zero attached hydrogens (tertiary/aromatic N) is 2. The van der Waals surface area contributed by atoms with E-state index >= 15 is 0 Å². The Bertz CT molecular complexity index is 1510. The van der Waals surface area contributed by atoms with Gasteiger partial charge in [-0.2, -0.15) is 13.2 Å². The van der Waals surface area contributed by atoms with Crippen molar-refractivity contribution in [2.45, 2.75) is 17.6 Å². The van der Waals surface area contributed by atoms with Crippen LogP contribution < -0.4 is 14.4 Å². The topological polar surface area (TPSA) is 136 Å². The lowest BCUT2D eigenvalue weighted by Gasteiger charge is -2.37. The zero-order chi connectivity index (χ0) is 31.1. The molecule has 0 spiro atoms. The maximum absolute atomic E-state index is 13.5. The highest BCUT2D eigenvalue weighted by Crippen LogP contribution is 2.31. The molecule has 42 heavy (non-hydrogen) atoms. The van der Waals surface area contributed by atoms with Gasteiger partial charge in [-0.3, -0.25) is 9.62 Å². The number of methoxy groups -OCH3 is 1. The van der Waals surface area contributed by atoms with Crippen LogP contribution in [-0.2, 0) is 21.4 Å². The highest BCUT2D eigenvalue weighted by Gasteiger charge is 2.38. The lowest BCUT2D eigenvalue weighted by molar-refractivity contribution is -0.192. The second-order valence-corrected chi connectivity index (χ2v) is 10.7. The predicted octanol–water partition coefficient (Wildman–Crippen LogP) is 4.29. The molecule has 226 valence electrons. The number of carboxylic acids is 2. The van der Waals surface area contributed by atoms with Gasteiger partial charge < -0.3 is 19.8 Å². The Kier molecular flexibility index (Phi) is 10.4. The van der Waals surface area contributed by atoms with Crippen LogP contribution in [0.2, 0.25) is 0 Å². The third-order valence-corrected chi connectivity index (χ3v) is 7.49. The van der Waals surface area contributed by atoms with Crippen molar-refractivity contribution in [1.29, 1.82) is 0 Å². The first-order valence-electron chi connectivity index (χ1n) is 12.3. The van der Waals surface area contributed by atoms with Crippen LogP contribution in [0.5, 0.6) is 5.75 Å². The first kappa shape index (κ1) is 32.1. The minimum absolute atomic E-state index is 0.0223. The molecule has 0 amide bonds. The van der Waals surface area contributed by atoms with Gasteiger partial charge in [0, 0.05) is 32.7 Å². The van der Waals surface area contributed by atoms with Gasteiger partial charge in [-0.15, -0.1) is 0 Å². The highest BCUT2D eigenvalue weighted by molar-refractivity contribution is 7.92. The number of carbonyl (C=O) groups is 2. The summed E-state index contributed by atoms with van der Waals surface area (Å²) in [4.78, 5) is 24.7. The number of piperazine rings is 1. The number of nitrogens with one attached hydrogen (secondary N) is 1. The number of alkyl halides is 3. The van der Waals surface area contributed by atoms with Crippen LogP contribution in [0, 0.1) is 5.82 Å². The monoisotopic (exact) mass is 613 g/mol. The van der Waals surface area contributed by atoms with Gasteiger partial charge in [0.15, 0.2) is 0 Å². The molecule has 0 aromatic heterocycles. The molecular formula is C27H27F4N3O7S. The van der Waals surface area contributed by atoms with Crippen LogP contribution in [0.25, 0.3) is 0 Å². The van der Waals surface area contributed by atoms with E-state index in [0.29, 0.717) is 44.2 Å². The largest absolute Gasteiger partial charge is 0.497 e. The lowest BCUT2D eigenvalue weighted by atomic mass is 10.1. The van der Waals surface area contributed by atoms with E-state index in [-0.39, 0.29) is 22.0 Å². The Morgan fingerprint density at radius 1 is 0.952 bits per heavy atom. The smallest absolute Gasteiger partial charge is 0.490 e. The second kappa shape index (κ2) is 13.5. The van der Waals surface area contributed by atoms with E-state index in [0.717, 1.165) is 5.56 Å².